The largest absolute Gasteiger partial charge is 0.471 e. The average Bonchev–Trinajstić information content (AvgIpc) is 3.04. The summed E-state index contributed by atoms with van der Waals surface area (Å²) in [5.74, 6) is -3.94. The number of ether oxygens (including phenoxy) is 3. The first kappa shape index (κ1) is 38.1. The lowest BCUT2D eigenvalue weighted by atomic mass is 10.0. The molecule has 0 aromatic heterocycles. The molecule has 0 unspecified atom stereocenters. The molecule has 0 radical (unpaired) electrons. The molecule has 2 fully saturated rings. The molecule has 2 aromatic rings. The van der Waals surface area contributed by atoms with Crippen LogP contribution in [0.1, 0.15) is 62.7 Å². The second-order valence-corrected chi connectivity index (χ2v) is 14.9. The van der Waals surface area contributed by atoms with Gasteiger partial charge in [0.05, 0.1) is 32.1 Å². The molecule has 2 aliphatic rings. The molecule has 8 atom stereocenters. The molecule has 7 nitrogen and oxygen atoms in total. The number of alkyl halides is 8. The van der Waals surface area contributed by atoms with Crippen molar-refractivity contribution in [2.45, 2.75) is 96.6 Å². The van der Waals surface area contributed by atoms with Crippen LogP contribution in [0.5, 0.6) is 0 Å². The van der Waals surface area contributed by atoms with Gasteiger partial charge >= 0.3 is 24.2 Å². The molecule has 0 bridgehead atoms. The Kier molecular flexibility index (Phi) is 13.2. The van der Waals surface area contributed by atoms with Crippen molar-refractivity contribution in [1.82, 2.24) is 9.80 Å². The van der Waals surface area contributed by atoms with Crippen molar-refractivity contribution in [3.63, 3.8) is 0 Å². The Morgan fingerprint density at radius 3 is 1.36 bits per heavy atom. The number of hydrogen-bond donors (Lipinski definition) is 0. The molecular formula is C32H36F6I2N2O5. The van der Waals surface area contributed by atoms with E-state index in [1.165, 1.54) is 13.8 Å². The molecule has 2 aliphatic heterocycles. The van der Waals surface area contributed by atoms with Crippen LogP contribution in [0.4, 0.5) is 26.3 Å². The van der Waals surface area contributed by atoms with Crippen LogP contribution in [-0.2, 0) is 23.8 Å². The standard InChI is InChI=1S/C32H36F6I2N2O5/c1-19(21-9-5-3-6-10-21)41(29(43)31(33,34)35)17-23-13-15-25(39)27(45-23)47-28-26(40)16-14-24(46-28)18-42(30(44)32(36,37)38)20(2)22-11-7-4-8-12-22/h3-12,19-20,23-28H,13-18H2,1-2H3/t19-,20-,23+,24+,25+,26+,27-,28-/m1/s1. The summed E-state index contributed by atoms with van der Waals surface area (Å²) in [6, 6.07) is 15.0. The van der Waals surface area contributed by atoms with E-state index in [0.717, 1.165) is 9.80 Å². The molecule has 0 spiro atoms. The normalized spacial score (nSPS) is 26.7. The summed E-state index contributed by atoms with van der Waals surface area (Å²) in [6.07, 6.45) is -11.8. The van der Waals surface area contributed by atoms with Crippen molar-refractivity contribution in [1.29, 1.82) is 0 Å². The summed E-state index contributed by atoms with van der Waals surface area (Å²) >= 11 is 4.25. The molecule has 2 heterocycles. The van der Waals surface area contributed by atoms with E-state index in [9.17, 15) is 35.9 Å². The first-order valence-corrected chi connectivity index (χ1v) is 17.6. The number of carbonyl (C=O) groups excluding carboxylic acids is 2. The van der Waals surface area contributed by atoms with E-state index in [-0.39, 0.29) is 20.9 Å². The SMILES string of the molecule is C[C@H](c1ccccc1)N(C[C@@H]1CC[C@H](I)[C@@H](O[C@H]2O[C@H](CN(C(=O)C(F)(F)F)[C@H](C)c3ccccc3)CC[C@@H]2I)O1)C(=O)C(F)(F)F. The van der Waals surface area contributed by atoms with Gasteiger partial charge in [-0.05, 0) is 50.7 Å². The van der Waals surface area contributed by atoms with Gasteiger partial charge in [-0.1, -0.05) is 106 Å². The Morgan fingerprint density at radius 1 is 0.702 bits per heavy atom. The maximum atomic E-state index is 13.6. The minimum Gasteiger partial charge on any atom is -0.346 e. The predicted octanol–water partition coefficient (Wildman–Crippen LogP) is 7.92. The summed E-state index contributed by atoms with van der Waals surface area (Å²) in [7, 11) is 0. The Labute approximate surface area is 296 Å². The minimum absolute atomic E-state index is 0.212. The van der Waals surface area contributed by atoms with E-state index in [0.29, 0.717) is 36.8 Å². The fraction of sp³-hybridized carbons (Fsp3) is 0.562. The van der Waals surface area contributed by atoms with Crippen LogP contribution in [0.2, 0.25) is 0 Å². The summed E-state index contributed by atoms with van der Waals surface area (Å²) in [5, 5.41) is 0. The summed E-state index contributed by atoms with van der Waals surface area (Å²) in [5.41, 5.74) is 1.07. The van der Waals surface area contributed by atoms with Crippen LogP contribution >= 0.6 is 45.2 Å². The van der Waals surface area contributed by atoms with Crippen LogP contribution in [0.15, 0.2) is 60.7 Å². The molecule has 0 N–H and O–H groups in total. The van der Waals surface area contributed by atoms with Gasteiger partial charge in [-0.3, -0.25) is 9.59 Å². The highest BCUT2D eigenvalue weighted by Crippen LogP contribution is 2.36. The summed E-state index contributed by atoms with van der Waals surface area (Å²) < 4.78 is 99.9. The van der Waals surface area contributed by atoms with Crippen LogP contribution < -0.4 is 0 Å². The second-order valence-electron chi connectivity index (χ2n) is 11.7. The average molecular weight is 896 g/mol. The lowest BCUT2D eigenvalue weighted by Gasteiger charge is -2.42. The molecule has 260 valence electrons. The number of benzene rings is 2. The van der Waals surface area contributed by atoms with Crippen LogP contribution in [0, 0.1) is 0 Å². The quantitative estimate of drug-likeness (QED) is 0.138. The molecule has 47 heavy (non-hydrogen) atoms. The van der Waals surface area contributed by atoms with E-state index in [2.05, 4.69) is 45.2 Å². The third kappa shape index (κ3) is 10.2. The summed E-state index contributed by atoms with van der Waals surface area (Å²) in [6.45, 7) is 2.40. The van der Waals surface area contributed by atoms with E-state index in [1.54, 1.807) is 60.7 Å². The molecule has 2 aromatic carbocycles. The summed E-state index contributed by atoms with van der Waals surface area (Å²) in [4.78, 5) is 26.6. The van der Waals surface area contributed by atoms with Gasteiger partial charge in [0.1, 0.15) is 0 Å². The number of halogens is 8. The Balaban J connectivity index is 1.46. The number of rotatable bonds is 10. The van der Waals surface area contributed by atoms with Gasteiger partial charge < -0.3 is 24.0 Å². The van der Waals surface area contributed by atoms with Crippen molar-refractivity contribution >= 4 is 57.0 Å². The number of amides is 2. The second kappa shape index (κ2) is 16.3. The van der Waals surface area contributed by atoms with Crippen molar-refractivity contribution in [3.8, 4) is 0 Å². The van der Waals surface area contributed by atoms with E-state index in [4.69, 9.17) is 14.2 Å². The molecule has 2 saturated heterocycles. The van der Waals surface area contributed by atoms with Crippen LogP contribution in [0.3, 0.4) is 0 Å². The predicted molar refractivity (Wildman–Crippen MR) is 178 cm³/mol. The lowest BCUT2D eigenvalue weighted by molar-refractivity contribution is -0.285. The van der Waals surface area contributed by atoms with E-state index in [1.807, 2.05) is 0 Å². The zero-order valence-electron chi connectivity index (χ0n) is 25.6. The zero-order valence-corrected chi connectivity index (χ0v) is 29.9. The number of carbonyl (C=O) groups is 2. The molecular weight excluding hydrogens is 860 g/mol. The topological polar surface area (TPSA) is 68.3 Å². The third-order valence-electron chi connectivity index (χ3n) is 8.35. The maximum absolute atomic E-state index is 13.6. The van der Waals surface area contributed by atoms with Crippen molar-refractivity contribution in [3.05, 3.63) is 71.8 Å². The molecule has 4 rings (SSSR count). The van der Waals surface area contributed by atoms with Crippen LogP contribution in [-0.4, -0.2) is 79.7 Å². The van der Waals surface area contributed by atoms with Crippen LogP contribution in [0.25, 0.3) is 0 Å². The lowest BCUT2D eigenvalue weighted by Crippen LogP contribution is -2.52. The van der Waals surface area contributed by atoms with Gasteiger partial charge in [0, 0.05) is 13.1 Å². The Bertz CT molecular complexity index is 1220. The van der Waals surface area contributed by atoms with E-state index < -0.39 is 61.0 Å². The van der Waals surface area contributed by atoms with Crippen molar-refractivity contribution < 1.29 is 50.1 Å². The zero-order chi connectivity index (χ0) is 34.5. The van der Waals surface area contributed by atoms with Gasteiger partial charge in [-0.15, -0.1) is 0 Å². The maximum Gasteiger partial charge on any atom is 0.471 e. The smallest absolute Gasteiger partial charge is 0.346 e. The Morgan fingerprint density at radius 2 is 1.04 bits per heavy atom. The van der Waals surface area contributed by atoms with Gasteiger partial charge in [0.15, 0.2) is 12.6 Å². The van der Waals surface area contributed by atoms with Gasteiger partial charge in [-0.2, -0.15) is 26.3 Å². The molecule has 0 aliphatic carbocycles. The van der Waals surface area contributed by atoms with Crippen molar-refractivity contribution in [2.24, 2.45) is 0 Å². The highest BCUT2D eigenvalue weighted by Gasteiger charge is 2.47. The molecule has 15 heteroatoms. The fourth-order valence-electron chi connectivity index (χ4n) is 5.71. The molecule has 2 amide bonds. The number of nitrogens with zero attached hydrogens (tertiary/aromatic N) is 2. The van der Waals surface area contributed by atoms with E-state index >= 15 is 0 Å². The highest BCUT2D eigenvalue weighted by molar-refractivity contribution is 14.1. The van der Waals surface area contributed by atoms with Gasteiger partial charge in [0.25, 0.3) is 0 Å². The first-order valence-electron chi connectivity index (χ1n) is 15.2. The highest BCUT2D eigenvalue weighted by atomic mass is 127. The van der Waals surface area contributed by atoms with Gasteiger partial charge in [0.2, 0.25) is 0 Å². The van der Waals surface area contributed by atoms with Crippen molar-refractivity contribution in [2.75, 3.05) is 13.1 Å². The third-order valence-corrected chi connectivity index (χ3v) is 10.8. The monoisotopic (exact) mass is 896 g/mol. The Hall–Kier alpha value is -1.70. The first-order chi connectivity index (χ1) is 22.1. The minimum atomic E-state index is -5.09. The molecule has 0 saturated carbocycles. The number of hydrogen-bond acceptors (Lipinski definition) is 5. The van der Waals surface area contributed by atoms with Gasteiger partial charge in [-0.25, -0.2) is 0 Å². The fourth-order valence-corrected chi connectivity index (χ4v) is 7.10.